The molecule has 0 aromatic carbocycles. The quantitative estimate of drug-likeness (QED) is 0.307. The minimum atomic E-state index is -0.864. The van der Waals surface area contributed by atoms with Crippen molar-refractivity contribution >= 4 is 12.1 Å². The van der Waals surface area contributed by atoms with E-state index in [4.69, 9.17) is 20.9 Å². The average Bonchev–Trinajstić information content (AvgIpc) is 2.48. The first-order chi connectivity index (χ1) is 11.1. The topological polar surface area (TPSA) is 126 Å². The largest absolute Gasteiger partial charge is 0.495 e. The minimum Gasteiger partial charge on any atom is -0.495 e. The average molecular weight is 345 g/mol. The molecule has 0 aliphatic carbocycles. The molecule has 0 aromatic rings. The Morgan fingerprint density at radius 1 is 1.17 bits per heavy atom. The maximum Gasteiger partial charge on any atom is 0.407 e. The second kappa shape index (κ2) is 10.9. The summed E-state index contributed by atoms with van der Waals surface area (Å²) >= 11 is 0. The molecule has 0 spiro atoms. The lowest BCUT2D eigenvalue weighted by Gasteiger charge is -2.20. The van der Waals surface area contributed by atoms with Crippen molar-refractivity contribution in [1.29, 1.82) is 0 Å². The van der Waals surface area contributed by atoms with E-state index in [0.717, 1.165) is 12.8 Å². The lowest BCUT2D eigenvalue weighted by Crippen LogP contribution is -2.37. The number of hydrogen-bond donors (Lipinski definition) is 3. The van der Waals surface area contributed by atoms with Crippen LogP contribution in [0.2, 0.25) is 0 Å². The van der Waals surface area contributed by atoms with Crippen molar-refractivity contribution < 1.29 is 23.8 Å². The summed E-state index contributed by atoms with van der Waals surface area (Å²) in [6.07, 6.45) is 1.74. The van der Waals surface area contributed by atoms with E-state index in [9.17, 15) is 9.59 Å². The summed E-state index contributed by atoms with van der Waals surface area (Å²) in [6, 6.07) is -1.23. The van der Waals surface area contributed by atoms with Gasteiger partial charge in [0, 0.05) is 6.54 Å². The molecule has 8 nitrogen and oxygen atoms in total. The predicted octanol–water partition coefficient (Wildman–Crippen LogP) is 1.04. The molecule has 0 radical (unpaired) electrons. The van der Waals surface area contributed by atoms with Crippen molar-refractivity contribution in [3.63, 3.8) is 0 Å². The van der Waals surface area contributed by atoms with Crippen LogP contribution in [0.3, 0.4) is 0 Å². The van der Waals surface area contributed by atoms with Crippen molar-refractivity contribution in [3.8, 4) is 0 Å². The first-order valence-corrected chi connectivity index (χ1v) is 7.94. The monoisotopic (exact) mass is 345 g/mol. The second-order valence-corrected chi connectivity index (χ2v) is 6.44. The Kier molecular flexibility index (Phi) is 10.1. The van der Waals surface area contributed by atoms with Gasteiger partial charge in [-0.1, -0.05) is 6.58 Å². The van der Waals surface area contributed by atoms with Crippen molar-refractivity contribution in [3.05, 3.63) is 12.3 Å². The fraction of sp³-hybridized carbons (Fsp3) is 0.750. The van der Waals surface area contributed by atoms with Gasteiger partial charge in [0.25, 0.3) is 0 Å². The number of carbonyl (C=O) groups excluding carboxylic acids is 2. The van der Waals surface area contributed by atoms with Crippen LogP contribution in [0.25, 0.3) is 0 Å². The van der Waals surface area contributed by atoms with Gasteiger partial charge >= 0.3 is 12.1 Å². The van der Waals surface area contributed by atoms with Crippen molar-refractivity contribution in [2.75, 3.05) is 20.3 Å². The van der Waals surface area contributed by atoms with Gasteiger partial charge in [-0.2, -0.15) is 0 Å². The molecule has 0 fully saturated rings. The SMILES string of the molecule is C=C(OCC(N)C(=O)OC)C(N)CCCCNC(=O)OC(C)(C)C. The third kappa shape index (κ3) is 10.8. The van der Waals surface area contributed by atoms with Gasteiger partial charge in [0.15, 0.2) is 0 Å². The van der Waals surface area contributed by atoms with E-state index in [1.54, 1.807) is 0 Å². The Hall–Kier alpha value is -1.80. The molecule has 2 atom stereocenters. The number of hydrogen-bond acceptors (Lipinski definition) is 7. The van der Waals surface area contributed by atoms with E-state index in [-0.39, 0.29) is 12.6 Å². The highest BCUT2D eigenvalue weighted by Gasteiger charge is 2.17. The van der Waals surface area contributed by atoms with Crippen LogP contribution in [-0.4, -0.2) is 50.0 Å². The molecule has 140 valence electrons. The van der Waals surface area contributed by atoms with Gasteiger partial charge < -0.3 is 31.0 Å². The molecular formula is C16H31N3O5. The van der Waals surface area contributed by atoms with Crippen molar-refractivity contribution in [2.45, 2.75) is 57.7 Å². The number of methoxy groups -OCH3 is 1. The zero-order valence-electron chi connectivity index (χ0n) is 15.1. The highest BCUT2D eigenvalue weighted by molar-refractivity contribution is 5.75. The molecule has 2 unspecified atom stereocenters. The minimum absolute atomic E-state index is 0.0284. The third-order valence-electron chi connectivity index (χ3n) is 2.98. The normalized spacial score (nSPS) is 13.6. The van der Waals surface area contributed by atoms with Gasteiger partial charge in [-0.05, 0) is 40.0 Å². The second-order valence-electron chi connectivity index (χ2n) is 6.44. The van der Waals surface area contributed by atoms with Crippen LogP contribution in [0.4, 0.5) is 4.79 Å². The summed E-state index contributed by atoms with van der Waals surface area (Å²) < 4.78 is 14.9. The number of alkyl carbamates (subject to hydrolysis) is 1. The highest BCUT2D eigenvalue weighted by Crippen LogP contribution is 2.09. The number of rotatable bonds is 10. The van der Waals surface area contributed by atoms with Gasteiger partial charge in [0.1, 0.15) is 24.0 Å². The van der Waals surface area contributed by atoms with E-state index in [0.29, 0.717) is 18.7 Å². The number of carbonyl (C=O) groups is 2. The molecule has 0 heterocycles. The molecule has 0 aliphatic rings. The van der Waals surface area contributed by atoms with Crippen LogP contribution >= 0.6 is 0 Å². The summed E-state index contributed by atoms with van der Waals surface area (Å²) in [5.41, 5.74) is 11.0. The molecule has 5 N–H and O–H groups in total. The molecule has 0 saturated heterocycles. The highest BCUT2D eigenvalue weighted by atomic mass is 16.6. The number of amides is 1. The summed E-state index contributed by atoms with van der Waals surface area (Å²) in [6.45, 7) is 9.63. The smallest absolute Gasteiger partial charge is 0.407 e. The first kappa shape index (κ1) is 22.2. The molecule has 0 aromatic heterocycles. The van der Waals surface area contributed by atoms with E-state index in [2.05, 4.69) is 16.6 Å². The molecule has 0 bridgehead atoms. The Bertz CT molecular complexity index is 420. The number of nitrogens with two attached hydrogens (primary N) is 2. The summed E-state index contributed by atoms with van der Waals surface area (Å²) in [4.78, 5) is 22.6. The standard InChI is InChI=1S/C16H31N3O5/c1-11(23-10-13(18)14(20)22-5)12(17)8-6-7-9-19-15(21)24-16(2,3)4/h12-13H,1,6-10,17-18H2,2-5H3,(H,19,21). The van der Waals surface area contributed by atoms with E-state index < -0.39 is 23.7 Å². The van der Waals surface area contributed by atoms with Crippen LogP contribution in [0.15, 0.2) is 12.3 Å². The Labute approximate surface area is 143 Å². The molecule has 0 aliphatic heterocycles. The fourth-order valence-electron chi connectivity index (χ4n) is 1.68. The third-order valence-corrected chi connectivity index (χ3v) is 2.98. The molecule has 0 rings (SSSR count). The lowest BCUT2D eigenvalue weighted by molar-refractivity contribution is -0.143. The van der Waals surface area contributed by atoms with Gasteiger partial charge in [-0.3, -0.25) is 4.79 Å². The Morgan fingerprint density at radius 2 is 1.79 bits per heavy atom. The number of ether oxygens (including phenoxy) is 3. The van der Waals surface area contributed by atoms with Crippen LogP contribution < -0.4 is 16.8 Å². The Balaban J connectivity index is 3.82. The molecule has 8 heteroatoms. The predicted molar refractivity (Wildman–Crippen MR) is 91.1 cm³/mol. The van der Waals surface area contributed by atoms with E-state index in [1.165, 1.54) is 7.11 Å². The first-order valence-electron chi connectivity index (χ1n) is 7.94. The lowest BCUT2D eigenvalue weighted by atomic mass is 10.1. The molecule has 24 heavy (non-hydrogen) atoms. The van der Waals surface area contributed by atoms with Gasteiger partial charge in [-0.25, -0.2) is 4.79 Å². The maximum absolute atomic E-state index is 11.5. The molecule has 1 amide bonds. The Morgan fingerprint density at radius 3 is 2.33 bits per heavy atom. The molecule has 0 saturated carbocycles. The maximum atomic E-state index is 11.5. The zero-order chi connectivity index (χ0) is 18.8. The number of esters is 1. The van der Waals surface area contributed by atoms with Gasteiger partial charge in [0.05, 0.1) is 13.2 Å². The van der Waals surface area contributed by atoms with Crippen LogP contribution in [0, 0.1) is 0 Å². The van der Waals surface area contributed by atoms with Crippen LogP contribution in [0.5, 0.6) is 0 Å². The van der Waals surface area contributed by atoms with Crippen molar-refractivity contribution in [1.82, 2.24) is 5.32 Å². The van der Waals surface area contributed by atoms with Crippen molar-refractivity contribution in [2.24, 2.45) is 11.5 Å². The molecular weight excluding hydrogens is 314 g/mol. The van der Waals surface area contributed by atoms with Crippen LogP contribution in [0.1, 0.15) is 40.0 Å². The van der Waals surface area contributed by atoms with Crippen LogP contribution in [-0.2, 0) is 19.0 Å². The zero-order valence-corrected chi connectivity index (χ0v) is 15.1. The number of unbranched alkanes of at least 4 members (excludes halogenated alkanes) is 1. The van der Waals surface area contributed by atoms with E-state index >= 15 is 0 Å². The number of nitrogens with one attached hydrogen (secondary N) is 1. The van der Waals surface area contributed by atoms with E-state index in [1.807, 2.05) is 20.8 Å². The van der Waals surface area contributed by atoms with Gasteiger partial charge in [-0.15, -0.1) is 0 Å². The van der Waals surface area contributed by atoms with Gasteiger partial charge in [0.2, 0.25) is 0 Å². The summed E-state index contributed by atoms with van der Waals surface area (Å²) in [5.74, 6) is -0.181. The summed E-state index contributed by atoms with van der Waals surface area (Å²) in [5, 5.41) is 2.68. The fourth-order valence-corrected chi connectivity index (χ4v) is 1.68. The summed E-state index contributed by atoms with van der Waals surface area (Å²) in [7, 11) is 1.26.